The number of para-hydroxylation sites is 1. The molecular formula is C65H46N4. The molecule has 1 atom stereocenters. The van der Waals surface area contributed by atoms with E-state index in [0.29, 0.717) is 17.6 Å². The predicted molar refractivity (Wildman–Crippen MR) is 291 cm³/mol. The lowest BCUT2D eigenvalue weighted by atomic mass is 9.77. The van der Waals surface area contributed by atoms with Crippen LogP contribution < -0.4 is 0 Å². The molecule has 2 aromatic heterocycles. The molecule has 1 aliphatic carbocycles. The summed E-state index contributed by atoms with van der Waals surface area (Å²) in [5, 5.41) is 9.13. The van der Waals surface area contributed by atoms with E-state index in [9.17, 15) is 0 Å². The van der Waals surface area contributed by atoms with E-state index in [4.69, 9.17) is 15.0 Å². The molecule has 69 heavy (non-hydrogen) atoms. The fourth-order valence-electron chi connectivity index (χ4n) is 11.4. The second-order valence-electron chi connectivity index (χ2n) is 18.5. The zero-order chi connectivity index (χ0) is 46.4. The van der Waals surface area contributed by atoms with Crippen molar-refractivity contribution in [2.75, 3.05) is 0 Å². The molecule has 4 heteroatoms. The lowest BCUT2D eigenvalue weighted by Crippen LogP contribution is -2.19. The normalized spacial score (nSPS) is 14.2. The van der Waals surface area contributed by atoms with Crippen molar-refractivity contribution >= 4 is 66.3 Å². The predicted octanol–water partition coefficient (Wildman–Crippen LogP) is 17.1. The van der Waals surface area contributed by atoms with E-state index in [1.807, 2.05) is 18.2 Å². The largest absolute Gasteiger partial charge is 0.277 e. The zero-order valence-corrected chi connectivity index (χ0v) is 38.5. The molecule has 0 saturated heterocycles. The minimum absolute atomic E-state index is 0.118. The Morgan fingerprint density at radius 2 is 1.04 bits per heavy atom. The Balaban J connectivity index is 1.14. The Hall–Kier alpha value is -8.73. The summed E-state index contributed by atoms with van der Waals surface area (Å²) in [5.74, 6) is 1.72. The van der Waals surface area contributed by atoms with Crippen LogP contribution in [0.15, 0.2) is 207 Å². The van der Waals surface area contributed by atoms with Gasteiger partial charge in [-0.15, -0.1) is 0 Å². The maximum atomic E-state index is 5.53. The molecule has 0 saturated carbocycles. The molecule has 0 N–H and O–H groups in total. The Kier molecular flexibility index (Phi) is 9.22. The van der Waals surface area contributed by atoms with Crippen LogP contribution in [0.2, 0.25) is 0 Å². The molecule has 4 nitrogen and oxygen atoms in total. The third kappa shape index (κ3) is 6.12. The molecule has 0 radical (unpaired) electrons. The van der Waals surface area contributed by atoms with Crippen molar-refractivity contribution in [3.05, 3.63) is 230 Å². The maximum Gasteiger partial charge on any atom is 0.238 e. The van der Waals surface area contributed by atoms with Gasteiger partial charge in [-0.2, -0.15) is 9.97 Å². The van der Waals surface area contributed by atoms with E-state index in [1.54, 1.807) is 0 Å². The van der Waals surface area contributed by atoms with Gasteiger partial charge in [0.05, 0.1) is 11.0 Å². The molecule has 12 aromatic rings. The van der Waals surface area contributed by atoms with Gasteiger partial charge in [-0.1, -0.05) is 221 Å². The maximum absolute atomic E-state index is 5.53. The highest BCUT2D eigenvalue weighted by Gasteiger charge is 2.39. The van der Waals surface area contributed by atoms with E-state index < -0.39 is 0 Å². The fourth-order valence-corrected chi connectivity index (χ4v) is 11.4. The number of fused-ring (bicyclic) bond motifs is 11. The Labute approximate surface area is 401 Å². The molecule has 2 heterocycles. The van der Waals surface area contributed by atoms with Gasteiger partial charge >= 0.3 is 0 Å². The second-order valence-corrected chi connectivity index (χ2v) is 18.5. The highest BCUT2D eigenvalue weighted by molar-refractivity contribution is 6.25. The van der Waals surface area contributed by atoms with Gasteiger partial charge in [-0.05, 0) is 95.6 Å². The first-order valence-electron chi connectivity index (χ1n) is 23.8. The highest BCUT2D eigenvalue weighted by Crippen LogP contribution is 2.54. The second kappa shape index (κ2) is 15.7. The highest BCUT2D eigenvalue weighted by atomic mass is 15.2. The zero-order valence-electron chi connectivity index (χ0n) is 38.5. The number of benzene rings is 10. The molecule has 326 valence electrons. The summed E-state index contributed by atoms with van der Waals surface area (Å²) in [7, 11) is 0. The van der Waals surface area contributed by atoms with E-state index in [0.717, 1.165) is 94.3 Å². The number of nitrogens with zero attached hydrogens (tertiary/aromatic N) is 4. The van der Waals surface area contributed by atoms with Crippen LogP contribution in [0.25, 0.3) is 128 Å². The van der Waals surface area contributed by atoms with Crippen LogP contribution in [0.1, 0.15) is 42.5 Å². The van der Waals surface area contributed by atoms with Crippen molar-refractivity contribution in [1.82, 2.24) is 19.5 Å². The summed E-state index contributed by atoms with van der Waals surface area (Å²) in [6.45, 7) is 13.5. The molecular weight excluding hydrogens is 837 g/mol. The Morgan fingerprint density at radius 3 is 1.81 bits per heavy atom. The monoisotopic (exact) mass is 882 g/mol. The van der Waals surface area contributed by atoms with Crippen molar-refractivity contribution in [3.8, 4) is 62.1 Å². The van der Waals surface area contributed by atoms with Crippen LogP contribution >= 0.6 is 0 Å². The van der Waals surface area contributed by atoms with Gasteiger partial charge < -0.3 is 0 Å². The van der Waals surface area contributed by atoms with E-state index in [1.165, 1.54) is 33.0 Å². The summed E-state index contributed by atoms with van der Waals surface area (Å²) in [6.07, 6.45) is 4.95. The molecule has 0 amide bonds. The van der Waals surface area contributed by atoms with Crippen LogP contribution in [-0.4, -0.2) is 19.5 Å². The van der Waals surface area contributed by atoms with Gasteiger partial charge in [0.2, 0.25) is 5.95 Å². The van der Waals surface area contributed by atoms with Crippen molar-refractivity contribution in [2.24, 2.45) is 0 Å². The Morgan fingerprint density at radius 1 is 0.449 bits per heavy atom. The van der Waals surface area contributed by atoms with Crippen molar-refractivity contribution in [3.63, 3.8) is 0 Å². The standard InChI is InChI=1S/C65H46N4/c1-5-48-49(6-2)59-54-27-17-26-51(46-35-36-56-55(39-46)58-50-23-14-13-21-43(50)34-37-57(58)65(56,4)7-3)60(54)69(61(59)53-25-16-15-24-52(48)53)64-67-62(44-31-28-42(29-32-44)40-18-9-8-10-19-40)66-63(68-64)47-33-30-41-20-11-12-22-45(41)38-47/h5-6,8-39H,1-2,7H2,3-4H3. The quantitative estimate of drug-likeness (QED) is 0.153. The lowest BCUT2D eigenvalue weighted by molar-refractivity contribution is 0.565. The van der Waals surface area contributed by atoms with Gasteiger partial charge in [-0.25, -0.2) is 4.98 Å². The van der Waals surface area contributed by atoms with E-state index in [2.05, 4.69) is 220 Å². The summed E-state index contributed by atoms with van der Waals surface area (Å²) >= 11 is 0. The number of rotatable bonds is 8. The SMILES string of the molecule is C=Cc1c(C=C)c2c3cccc(-c4ccc5c(c4)-c4c(ccc6ccccc46)C5(C)CC)c3n(-c3nc(-c4ccc(-c5ccccc5)cc4)nc(-c4ccc5ccccc5c4)n3)c2c2ccccc12. The topological polar surface area (TPSA) is 43.6 Å². The first kappa shape index (κ1) is 40.5. The van der Waals surface area contributed by atoms with Crippen molar-refractivity contribution in [2.45, 2.75) is 25.7 Å². The lowest BCUT2D eigenvalue weighted by Gasteiger charge is -2.26. The molecule has 0 bridgehead atoms. The summed E-state index contributed by atoms with van der Waals surface area (Å²) in [4.78, 5) is 16.4. The first-order chi connectivity index (χ1) is 33.9. The fraction of sp³-hybridized carbons (Fsp3) is 0.0615. The number of hydrogen-bond donors (Lipinski definition) is 0. The van der Waals surface area contributed by atoms with Gasteiger partial charge in [0.1, 0.15) is 0 Å². The molecule has 1 unspecified atom stereocenters. The molecule has 0 spiro atoms. The van der Waals surface area contributed by atoms with E-state index in [-0.39, 0.29) is 5.41 Å². The third-order valence-electron chi connectivity index (χ3n) is 14.9. The van der Waals surface area contributed by atoms with Crippen LogP contribution in [0.5, 0.6) is 0 Å². The third-order valence-corrected chi connectivity index (χ3v) is 14.9. The van der Waals surface area contributed by atoms with Gasteiger partial charge in [0, 0.05) is 38.3 Å². The molecule has 0 fully saturated rings. The summed E-state index contributed by atoms with van der Waals surface area (Å²) in [5.41, 5.74) is 15.6. The van der Waals surface area contributed by atoms with Gasteiger partial charge in [-0.3, -0.25) is 4.57 Å². The molecule has 0 aliphatic heterocycles. The van der Waals surface area contributed by atoms with Crippen molar-refractivity contribution < 1.29 is 0 Å². The minimum Gasteiger partial charge on any atom is -0.277 e. The van der Waals surface area contributed by atoms with Crippen molar-refractivity contribution in [1.29, 1.82) is 0 Å². The van der Waals surface area contributed by atoms with Crippen LogP contribution in [0, 0.1) is 0 Å². The summed E-state index contributed by atoms with van der Waals surface area (Å²) in [6, 6.07) is 69.8. The Bertz CT molecular complexity index is 4100. The van der Waals surface area contributed by atoms with Crippen LogP contribution in [0.4, 0.5) is 0 Å². The summed E-state index contributed by atoms with van der Waals surface area (Å²) < 4.78 is 2.31. The molecule has 13 rings (SSSR count). The van der Waals surface area contributed by atoms with Crippen LogP contribution in [-0.2, 0) is 5.41 Å². The van der Waals surface area contributed by atoms with Gasteiger partial charge in [0.25, 0.3) is 0 Å². The molecule has 10 aromatic carbocycles. The first-order valence-corrected chi connectivity index (χ1v) is 23.8. The average molecular weight is 883 g/mol. The molecule has 1 aliphatic rings. The smallest absolute Gasteiger partial charge is 0.238 e. The van der Waals surface area contributed by atoms with E-state index >= 15 is 0 Å². The van der Waals surface area contributed by atoms with Crippen LogP contribution in [0.3, 0.4) is 0 Å². The average Bonchev–Trinajstić information content (AvgIpc) is 3.90. The number of hydrogen-bond acceptors (Lipinski definition) is 3. The number of aromatic nitrogens is 4. The minimum atomic E-state index is -0.118. The van der Waals surface area contributed by atoms with Gasteiger partial charge in [0.15, 0.2) is 11.6 Å².